The molecule has 0 spiro atoms. The fourth-order valence-corrected chi connectivity index (χ4v) is 5.51. The third kappa shape index (κ3) is 3.07. The summed E-state index contributed by atoms with van der Waals surface area (Å²) in [5.74, 6) is 0.845. The molecule has 1 aliphatic heterocycles. The van der Waals surface area contributed by atoms with Gasteiger partial charge in [0.15, 0.2) is 0 Å². The zero-order valence-electron chi connectivity index (χ0n) is 14.7. The van der Waals surface area contributed by atoms with E-state index in [0.29, 0.717) is 13.2 Å². The molecule has 0 saturated carbocycles. The number of benzene rings is 1. The molecule has 1 aromatic carbocycles. The Bertz CT molecular complexity index is 1020. The van der Waals surface area contributed by atoms with E-state index in [-0.39, 0.29) is 17.7 Å². The van der Waals surface area contributed by atoms with E-state index in [1.807, 2.05) is 18.3 Å². The molecule has 1 fully saturated rings. The molecule has 0 amide bonds. The van der Waals surface area contributed by atoms with E-state index in [4.69, 9.17) is 4.74 Å². The first-order valence-electron chi connectivity index (χ1n) is 8.45. The first-order valence-corrected chi connectivity index (χ1v) is 10.9. The summed E-state index contributed by atoms with van der Waals surface area (Å²) in [6.45, 7) is 0.943. The van der Waals surface area contributed by atoms with Crippen LogP contribution in [0.2, 0.25) is 0 Å². The number of sulfonamides is 1. The number of nitrogens with zero attached hydrogens (tertiary/aromatic N) is 3. The minimum absolute atomic E-state index is 0.0408. The van der Waals surface area contributed by atoms with Gasteiger partial charge in [0.05, 0.1) is 25.0 Å². The molecule has 0 bridgehead atoms. The smallest absolute Gasteiger partial charge is 0.214 e. The number of aromatic nitrogens is 2. The summed E-state index contributed by atoms with van der Waals surface area (Å²) in [4.78, 5) is 4.57. The zero-order chi connectivity index (χ0) is 18.3. The van der Waals surface area contributed by atoms with E-state index >= 15 is 0 Å². The van der Waals surface area contributed by atoms with Crippen LogP contribution >= 0.6 is 11.3 Å². The highest BCUT2D eigenvalue weighted by Crippen LogP contribution is 2.36. The van der Waals surface area contributed by atoms with Gasteiger partial charge in [0.25, 0.3) is 0 Å². The van der Waals surface area contributed by atoms with Crippen LogP contribution in [0.4, 0.5) is 0 Å². The predicted octanol–water partition coefficient (Wildman–Crippen LogP) is 2.84. The number of fused-ring (bicyclic) bond motifs is 1. The maximum absolute atomic E-state index is 12.3. The molecule has 2 atom stereocenters. The van der Waals surface area contributed by atoms with E-state index in [2.05, 4.69) is 27.1 Å². The van der Waals surface area contributed by atoms with Gasteiger partial charge >= 0.3 is 0 Å². The van der Waals surface area contributed by atoms with E-state index in [1.165, 1.54) is 14.4 Å². The topological polar surface area (TPSA) is 64.4 Å². The number of imidazole rings is 1. The maximum atomic E-state index is 12.3. The molecule has 1 aliphatic rings. The second kappa shape index (κ2) is 6.77. The fourth-order valence-electron chi connectivity index (χ4n) is 3.41. The third-order valence-corrected chi connectivity index (χ3v) is 7.82. The molecule has 3 aromatic rings. The lowest BCUT2D eigenvalue weighted by Gasteiger charge is -2.22. The SMILES string of the molecule is CN(C)S(=O)(=O)C[C@H]1COC[C@H]1n1ccnc1-c1csc2ccccc12. The molecule has 0 unspecified atom stereocenters. The second-order valence-electron chi connectivity index (χ2n) is 6.73. The first-order chi connectivity index (χ1) is 12.5. The van der Waals surface area contributed by atoms with Gasteiger partial charge in [-0.2, -0.15) is 0 Å². The molecule has 138 valence electrons. The molecular formula is C18H21N3O3S2. The Labute approximate surface area is 157 Å². The monoisotopic (exact) mass is 391 g/mol. The molecule has 4 rings (SSSR count). The highest BCUT2D eigenvalue weighted by molar-refractivity contribution is 7.89. The molecule has 1 saturated heterocycles. The number of ether oxygens (including phenoxy) is 1. The Morgan fingerprint density at radius 2 is 2.12 bits per heavy atom. The number of hydrogen-bond acceptors (Lipinski definition) is 5. The van der Waals surface area contributed by atoms with Crippen molar-refractivity contribution >= 4 is 31.4 Å². The summed E-state index contributed by atoms with van der Waals surface area (Å²) in [6, 6.07) is 8.21. The van der Waals surface area contributed by atoms with Crippen LogP contribution in [0, 0.1) is 5.92 Å². The molecular weight excluding hydrogens is 370 g/mol. The Morgan fingerprint density at radius 3 is 2.92 bits per heavy atom. The maximum Gasteiger partial charge on any atom is 0.214 e. The van der Waals surface area contributed by atoms with Crippen molar-refractivity contribution in [2.24, 2.45) is 5.92 Å². The second-order valence-corrected chi connectivity index (χ2v) is 9.87. The van der Waals surface area contributed by atoms with E-state index in [1.54, 1.807) is 31.6 Å². The van der Waals surface area contributed by atoms with Gasteiger partial charge in [0.2, 0.25) is 10.0 Å². The Kier molecular flexibility index (Phi) is 4.60. The van der Waals surface area contributed by atoms with Crippen LogP contribution in [0.25, 0.3) is 21.5 Å². The normalized spacial score (nSPS) is 21.0. The largest absolute Gasteiger partial charge is 0.379 e. The van der Waals surface area contributed by atoms with Crippen molar-refractivity contribution in [1.29, 1.82) is 0 Å². The summed E-state index contributed by atoms with van der Waals surface area (Å²) in [6.07, 6.45) is 3.70. The van der Waals surface area contributed by atoms with E-state index in [9.17, 15) is 8.42 Å². The van der Waals surface area contributed by atoms with Crippen molar-refractivity contribution in [2.75, 3.05) is 33.1 Å². The van der Waals surface area contributed by atoms with Gasteiger partial charge < -0.3 is 9.30 Å². The lowest BCUT2D eigenvalue weighted by Crippen LogP contribution is -2.32. The van der Waals surface area contributed by atoms with Crippen molar-refractivity contribution < 1.29 is 13.2 Å². The van der Waals surface area contributed by atoms with E-state index in [0.717, 1.165) is 11.4 Å². The van der Waals surface area contributed by atoms with Crippen molar-refractivity contribution in [3.8, 4) is 11.4 Å². The number of rotatable bonds is 5. The molecule has 2 aromatic heterocycles. The quantitative estimate of drug-likeness (QED) is 0.671. The minimum Gasteiger partial charge on any atom is -0.379 e. The van der Waals surface area contributed by atoms with Gasteiger partial charge in [-0.1, -0.05) is 18.2 Å². The average molecular weight is 392 g/mol. The standard InChI is InChI=1S/C18H21N3O3S2/c1-20(2)26(22,23)12-13-9-24-10-16(13)21-8-7-19-18(21)15-11-25-17-6-4-3-5-14(15)17/h3-8,11,13,16H,9-10,12H2,1-2H3/t13-,16-/m1/s1. The molecule has 8 heteroatoms. The summed E-state index contributed by atoms with van der Waals surface area (Å²) in [5.41, 5.74) is 1.08. The third-order valence-electron chi connectivity index (χ3n) is 4.89. The number of hydrogen-bond donors (Lipinski definition) is 0. The van der Waals surface area contributed by atoms with Crippen LogP contribution in [-0.4, -0.2) is 55.3 Å². The van der Waals surface area contributed by atoms with Gasteiger partial charge in [0.1, 0.15) is 5.82 Å². The summed E-state index contributed by atoms with van der Waals surface area (Å²) in [7, 11) is -0.146. The zero-order valence-corrected chi connectivity index (χ0v) is 16.3. The minimum atomic E-state index is -3.29. The first kappa shape index (κ1) is 17.7. The van der Waals surface area contributed by atoms with Gasteiger partial charge in [-0.25, -0.2) is 17.7 Å². The summed E-state index contributed by atoms with van der Waals surface area (Å²) >= 11 is 1.69. The van der Waals surface area contributed by atoms with Gasteiger partial charge in [-0.15, -0.1) is 11.3 Å². The molecule has 0 radical (unpaired) electrons. The molecule has 26 heavy (non-hydrogen) atoms. The predicted molar refractivity (Wildman–Crippen MR) is 104 cm³/mol. The molecule has 0 N–H and O–H groups in total. The van der Waals surface area contributed by atoms with Crippen LogP contribution < -0.4 is 0 Å². The summed E-state index contributed by atoms with van der Waals surface area (Å²) in [5, 5.41) is 3.28. The fraction of sp³-hybridized carbons (Fsp3) is 0.389. The lowest BCUT2D eigenvalue weighted by molar-refractivity contribution is 0.182. The van der Waals surface area contributed by atoms with Gasteiger partial charge in [0, 0.05) is 53.4 Å². The lowest BCUT2D eigenvalue weighted by atomic mass is 10.1. The highest BCUT2D eigenvalue weighted by Gasteiger charge is 2.35. The van der Waals surface area contributed by atoms with Crippen LogP contribution in [0.1, 0.15) is 6.04 Å². The highest BCUT2D eigenvalue weighted by atomic mass is 32.2. The molecule has 6 nitrogen and oxygen atoms in total. The van der Waals surface area contributed by atoms with Crippen LogP contribution in [0.15, 0.2) is 42.0 Å². The Morgan fingerprint density at radius 1 is 1.31 bits per heavy atom. The molecule has 0 aliphatic carbocycles. The van der Waals surface area contributed by atoms with Crippen molar-refractivity contribution in [1.82, 2.24) is 13.9 Å². The Hall–Kier alpha value is -1.74. The van der Waals surface area contributed by atoms with Crippen molar-refractivity contribution in [3.63, 3.8) is 0 Å². The Balaban J connectivity index is 1.70. The van der Waals surface area contributed by atoms with Crippen LogP contribution in [0.3, 0.4) is 0 Å². The average Bonchev–Trinajstić information content (AvgIpc) is 3.32. The van der Waals surface area contributed by atoms with Crippen LogP contribution in [0.5, 0.6) is 0 Å². The van der Waals surface area contributed by atoms with Crippen molar-refractivity contribution in [3.05, 3.63) is 42.0 Å². The summed E-state index contributed by atoms with van der Waals surface area (Å²) < 4.78 is 34.9. The molecule has 3 heterocycles. The van der Waals surface area contributed by atoms with Crippen LogP contribution in [-0.2, 0) is 14.8 Å². The van der Waals surface area contributed by atoms with Gasteiger partial charge in [-0.3, -0.25) is 0 Å². The van der Waals surface area contributed by atoms with Gasteiger partial charge in [-0.05, 0) is 6.07 Å². The van der Waals surface area contributed by atoms with Crippen molar-refractivity contribution in [2.45, 2.75) is 6.04 Å². The van der Waals surface area contributed by atoms with E-state index < -0.39 is 10.0 Å². The number of thiophene rings is 1.